The molecule has 3 aromatic rings. The Kier molecular flexibility index (Phi) is 43.2. The maximum atomic E-state index is 14.9. The van der Waals surface area contributed by atoms with Gasteiger partial charge in [-0.05, 0) is 143 Å². The maximum Gasteiger partial charge on any atom is 0.338 e. The van der Waals surface area contributed by atoms with Crippen molar-refractivity contribution in [2.45, 2.75) is 247 Å². The normalized spacial score (nSPS) is 24.1. The molecule has 18 unspecified atom stereocenters. The highest BCUT2D eigenvalue weighted by atomic mass is 16.7. The van der Waals surface area contributed by atoms with Gasteiger partial charge in [-0.2, -0.15) is 0 Å². The summed E-state index contributed by atoms with van der Waals surface area (Å²) >= 11 is 0. The standard InChI is InChI=1S/C87H133N7O20/c1-12-74(96)93-79(66(11)95)80(101)91-46-33-44-78(100)92-70(40-28-29-45-88-75(97)41-25-16-30-51-106-85-63(8)57(2)60(5)71(112-85)54-109-82(103)67-34-19-13-20-35-67)81(102)94(49-47-89-76(98)42-26-17-31-52-107-86-64(9)58(3)61(6)72(113-86)55-110-83(104)68-36-21-14-22-37-68)50-48-90-77(99)43-27-18-32-53-108-87-65(10)59(4)62(7)73(114-87)56-111-84(105)69-38-23-15-24-39-69/h13-15,19-24,34-39,57-66,70-73,79,85-87,95H,12,16-18,25-33,40-56H2,1-11H3,(H,88,97)(H,89,98)(H,90,99)(H,91,101)(H,92,100)(H,93,96). The molecule has 0 bridgehead atoms. The zero-order valence-electron chi connectivity index (χ0n) is 69.4. The molecule has 0 radical (unpaired) electrons. The van der Waals surface area contributed by atoms with Gasteiger partial charge in [-0.15, -0.1) is 0 Å². The fourth-order valence-electron chi connectivity index (χ4n) is 14.3. The summed E-state index contributed by atoms with van der Waals surface area (Å²) in [5, 5.41) is 27.3. The predicted octanol–water partition coefficient (Wildman–Crippen LogP) is 10.2. The molecule has 0 saturated carbocycles. The zero-order chi connectivity index (χ0) is 82.9. The predicted molar refractivity (Wildman–Crippen MR) is 429 cm³/mol. The number of nitrogens with zero attached hydrogens (tertiary/aromatic N) is 1. The minimum absolute atomic E-state index is 0.0256. The van der Waals surface area contributed by atoms with Gasteiger partial charge in [0.1, 0.15) is 31.9 Å². The summed E-state index contributed by atoms with van der Waals surface area (Å²) in [6.45, 7) is 24.1. The van der Waals surface area contributed by atoms with E-state index >= 15 is 0 Å². The molecule has 0 spiro atoms. The number of carbonyl (C=O) groups is 10. The molecule has 3 fully saturated rings. The number of carbonyl (C=O) groups excluding carboxylic acids is 10. The van der Waals surface area contributed by atoms with Gasteiger partial charge in [0, 0.05) is 109 Å². The van der Waals surface area contributed by atoms with Crippen LogP contribution in [0.15, 0.2) is 91.0 Å². The summed E-state index contributed by atoms with van der Waals surface area (Å²) in [4.78, 5) is 134. The summed E-state index contributed by atoms with van der Waals surface area (Å²) in [6, 6.07) is 24.2. The first-order chi connectivity index (χ1) is 54.8. The van der Waals surface area contributed by atoms with E-state index in [2.05, 4.69) is 94.2 Å². The summed E-state index contributed by atoms with van der Waals surface area (Å²) in [7, 11) is 0. The van der Waals surface area contributed by atoms with Gasteiger partial charge in [0.2, 0.25) is 41.4 Å². The summed E-state index contributed by atoms with van der Waals surface area (Å²) in [6.07, 6.45) is 4.14. The minimum Gasteiger partial charge on any atom is -0.459 e. The highest BCUT2D eigenvalue weighted by Crippen LogP contribution is 2.39. The van der Waals surface area contributed by atoms with Gasteiger partial charge in [-0.1, -0.05) is 143 Å². The average Bonchev–Trinajstić information content (AvgIpc) is 0.825. The molecule has 0 aliphatic carbocycles. The summed E-state index contributed by atoms with van der Waals surface area (Å²) in [5.74, 6) is -2.40. The largest absolute Gasteiger partial charge is 0.459 e. The zero-order valence-corrected chi connectivity index (χ0v) is 69.4. The van der Waals surface area contributed by atoms with Crippen molar-refractivity contribution >= 4 is 59.3 Å². The van der Waals surface area contributed by atoms with E-state index in [1.807, 2.05) is 18.2 Å². The number of rotatable bonds is 51. The average molecular weight is 1600 g/mol. The lowest BCUT2D eigenvalue weighted by Crippen LogP contribution is -2.52. The van der Waals surface area contributed by atoms with Crippen LogP contribution in [0.2, 0.25) is 0 Å². The van der Waals surface area contributed by atoms with E-state index in [0.29, 0.717) is 114 Å². The number of benzene rings is 3. The van der Waals surface area contributed by atoms with Gasteiger partial charge in [0.25, 0.3) is 0 Å². The van der Waals surface area contributed by atoms with Crippen LogP contribution in [0.4, 0.5) is 0 Å². The first kappa shape index (κ1) is 94.9. The van der Waals surface area contributed by atoms with E-state index in [1.54, 1.807) is 79.7 Å². The number of nitrogens with one attached hydrogen (secondary N) is 6. The fraction of sp³-hybridized carbons (Fsp3) is 0.678. The van der Waals surface area contributed by atoms with Gasteiger partial charge in [-0.3, -0.25) is 33.6 Å². The third-order valence-corrected chi connectivity index (χ3v) is 23.0. The summed E-state index contributed by atoms with van der Waals surface area (Å²) < 4.78 is 54.8. The van der Waals surface area contributed by atoms with Crippen molar-refractivity contribution < 1.29 is 95.7 Å². The van der Waals surface area contributed by atoms with Crippen molar-refractivity contribution in [1.29, 1.82) is 0 Å². The van der Waals surface area contributed by atoms with Crippen LogP contribution in [-0.2, 0) is 76.2 Å². The number of unbranched alkanes of at least 4 members (excludes halogenated alkanes) is 7. The molecule has 636 valence electrons. The smallest absolute Gasteiger partial charge is 0.338 e. The van der Waals surface area contributed by atoms with Crippen molar-refractivity contribution in [2.75, 3.05) is 78.9 Å². The molecule has 3 saturated heterocycles. The van der Waals surface area contributed by atoms with Crippen molar-refractivity contribution in [3.8, 4) is 0 Å². The molecular formula is C87H133N7O20. The highest BCUT2D eigenvalue weighted by Gasteiger charge is 2.43. The number of hydrogen-bond donors (Lipinski definition) is 7. The molecular weight excluding hydrogens is 1460 g/mol. The second-order valence-electron chi connectivity index (χ2n) is 31.3. The lowest BCUT2D eigenvalue weighted by atomic mass is 9.79. The monoisotopic (exact) mass is 1600 g/mol. The minimum atomic E-state index is -1.20. The van der Waals surface area contributed by atoms with Crippen LogP contribution in [-0.4, -0.2) is 204 Å². The van der Waals surface area contributed by atoms with Gasteiger partial charge in [0.05, 0.1) is 41.1 Å². The Morgan fingerprint density at radius 1 is 0.395 bits per heavy atom. The van der Waals surface area contributed by atoms with E-state index in [-0.39, 0.29) is 180 Å². The van der Waals surface area contributed by atoms with E-state index < -0.39 is 78.6 Å². The van der Waals surface area contributed by atoms with Crippen LogP contribution in [0.25, 0.3) is 0 Å². The maximum absolute atomic E-state index is 14.9. The van der Waals surface area contributed by atoms with Crippen LogP contribution >= 0.6 is 0 Å². The number of aliphatic hydroxyl groups excluding tert-OH is 1. The first-order valence-electron chi connectivity index (χ1n) is 41.9. The van der Waals surface area contributed by atoms with E-state index in [0.717, 1.165) is 6.42 Å². The molecule has 7 N–H and O–H groups in total. The van der Waals surface area contributed by atoms with E-state index in [1.165, 1.54) is 11.8 Å². The molecule has 6 rings (SSSR count). The molecule has 27 nitrogen and oxygen atoms in total. The topological polar surface area (TPSA) is 349 Å². The van der Waals surface area contributed by atoms with Crippen LogP contribution in [0.1, 0.15) is 223 Å². The Bertz CT molecular complexity index is 3260. The van der Waals surface area contributed by atoms with Crippen molar-refractivity contribution in [1.82, 2.24) is 36.8 Å². The lowest BCUT2D eigenvalue weighted by Gasteiger charge is -2.43. The van der Waals surface area contributed by atoms with Crippen molar-refractivity contribution in [2.24, 2.45) is 53.3 Å². The third-order valence-electron chi connectivity index (χ3n) is 23.0. The molecule has 27 heteroatoms. The molecule has 3 heterocycles. The van der Waals surface area contributed by atoms with Crippen molar-refractivity contribution in [3.05, 3.63) is 108 Å². The SMILES string of the molecule is CCC(=O)NC(C(=O)NCCCC(=O)NC(CCCCNC(=O)CCCCCOC1OC(COC(=O)c2ccccc2)C(C)C(C)C1C)C(=O)N(CCNC(=O)CCCCCOC1OC(COC(=O)c2ccccc2)C(C)C(C)C1C)CCNC(=O)CCCCCOC1OC(COC(=O)c2ccccc2)C(C)C(C)C1C)C(C)O. The van der Waals surface area contributed by atoms with Crippen LogP contribution in [0, 0.1) is 53.3 Å². The molecule has 7 amide bonds. The summed E-state index contributed by atoms with van der Waals surface area (Å²) in [5.41, 5.74) is 1.41. The molecule has 18 atom stereocenters. The third kappa shape index (κ3) is 33.0. The highest BCUT2D eigenvalue weighted by molar-refractivity contribution is 5.91. The lowest BCUT2D eigenvalue weighted by molar-refractivity contribution is -0.254. The van der Waals surface area contributed by atoms with Crippen molar-refractivity contribution in [3.63, 3.8) is 0 Å². The Labute approximate surface area is 675 Å². The first-order valence-corrected chi connectivity index (χ1v) is 41.9. The Morgan fingerprint density at radius 2 is 0.746 bits per heavy atom. The molecule has 3 aliphatic rings. The fourth-order valence-corrected chi connectivity index (χ4v) is 14.3. The second kappa shape index (κ2) is 51.9. The molecule has 114 heavy (non-hydrogen) atoms. The molecule has 3 aliphatic heterocycles. The Morgan fingerprint density at radius 3 is 1.11 bits per heavy atom. The van der Waals surface area contributed by atoms with Crippen LogP contribution < -0.4 is 31.9 Å². The number of esters is 3. The van der Waals surface area contributed by atoms with Gasteiger partial charge in [0.15, 0.2) is 18.9 Å². The van der Waals surface area contributed by atoms with E-state index in [9.17, 15) is 53.1 Å². The van der Waals surface area contributed by atoms with Gasteiger partial charge in [-0.25, -0.2) is 14.4 Å². The Hall–Kier alpha value is -7.92. The van der Waals surface area contributed by atoms with E-state index in [4.69, 9.17) is 42.6 Å². The van der Waals surface area contributed by atoms with Gasteiger partial charge >= 0.3 is 17.9 Å². The number of amides is 7. The second-order valence-corrected chi connectivity index (χ2v) is 31.3. The molecule has 0 aromatic heterocycles. The number of aliphatic hydroxyl groups is 1. The van der Waals surface area contributed by atoms with Gasteiger partial charge < -0.3 is 84.5 Å². The Balaban J connectivity index is 1.01. The molecule has 3 aromatic carbocycles. The quantitative estimate of drug-likeness (QED) is 0.0157. The number of hydrogen-bond acceptors (Lipinski definition) is 20. The van der Waals surface area contributed by atoms with Crippen LogP contribution in [0.3, 0.4) is 0 Å². The number of ether oxygens (including phenoxy) is 9. The van der Waals surface area contributed by atoms with Crippen LogP contribution in [0.5, 0.6) is 0 Å².